The number of carboxylic acid groups (broad SMARTS) is 1. The van der Waals surface area contributed by atoms with Crippen molar-refractivity contribution in [1.82, 2.24) is 5.32 Å². The molecular formula is C27H23NO8. The van der Waals surface area contributed by atoms with Gasteiger partial charge in [0.25, 0.3) is 5.91 Å². The highest BCUT2D eigenvalue weighted by atomic mass is 16.5. The molecule has 0 fully saturated rings. The Labute approximate surface area is 206 Å². The van der Waals surface area contributed by atoms with Crippen LogP contribution in [0.3, 0.4) is 0 Å². The van der Waals surface area contributed by atoms with Crippen LogP contribution in [0, 0.1) is 0 Å². The number of fused-ring (bicyclic) bond motifs is 1. The van der Waals surface area contributed by atoms with E-state index in [1.54, 1.807) is 67.8 Å². The summed E-state index contributed by atoms with van der Waals surface area (Å²) in [4.78, 5) is 36.7. The van der Waals surface area contributed by atoms with Gasteiger partial charge in [-0.05, 0) is 35.9 Å². The first-order valence-corrected chi connectivity index (χ1v) is 10.9. The summed E-state index contributed by atoms with van der Waals surface area (Å²) in [5.41, 5.74) is 1.42. The van der Waals surface area contributed by atoms with Gasteiger partial charge < -0.3 is 29.4 Å². The van der Waals surface area contributed by atoms with Crippen molar-refractivity contribution >= 4 is 23.7 Å². The van der Waals surface area contributed by atoms with Crippen molar-refractivity contribution in [2.24, 2.45) is 0 Å². The molecule has 2 N–H and O–H groups in total. The summed E-state index contributed by atoms with van der Waals surface area (Å²) >= 11 is 0. The SMILES string of the molecule is COc1ccc(/C=C2/Oc3cc(OCC(=O)N[C@H](C(=O)O)c4ccccc4)ccc3C2=O)c(OC)c1. The predicted octanol–water partition coefficient (Wildman–Crippen LogP) is 3.64. The second kappa shape index (κ2) is 10.6. The highest BCUT2D eigenvalue weighted by Gasteiger charge is 2.28. The van der Waals surface area contributed by atoms with E-state index >= 15 is 0 Å². The Hall–Kier alpha value is -4.79. The van der Waals surface area contributed by atoms with E-state index in [0.29, 0.717) is 28.2 Å². The lowest BCUT2D eigenvalue weighted by Crippen LogP contribution is -2.36. The average molecular weight is 489 g/mol. The molecular weight excluding hydrogens is 466 g/mol. The van der Waals surface area contributed by atoms with Crippen LogP contribution in [0.2, 0.25) is 0 Å². The molecule has 0 aromatic heterocycles. The van der Waals surface area contributed by atoms with Crippen molar-refractivity contribution in [3.8, 4) is 23.0 Å². The van der Waals surface area contributed by atoms with Gasteiger partial charge >= 0.3 is 5.97 Å². The molecule has 9 nitrogen and oxygen atoms in total. The molecule has 1 amide bonds. The molecule has 0 saturated carbocycles. The molecule has 0 radical (unpaired) electrons. The third kappa shape index (κ3) is 5.30. The van der Waals surface area contributed by atoms with Crippen LogP contribution in [0.4, 0.5) is 0 Å². The van der Waals surface area contributed by atoms with Gasteiger partial charge in [0.1, 0.15) is 23.0 Å². The second-order valence-electron chi connectivity index (χ2n) is 7.74. The van der Waals surface area contributed by atoms with Gasteiger partial charge in [-0.2, -0.15) is 0 Å². The van der Waals surface area contributed by atoms with E-state index in [4.69, 9.17) is 18.9 Å². The first kappa shape index (κ1) is 24.3. The van der Waals surface area contributed by atoms with E-state index in [2.05, 4.69) is 5.32 Å². The van der Waals surface area contributed by atoms with Crippen molar-refractivity contribution in [3.05, 3.63) is 89.2 Å². The number of carboxylic acids is 1. The van der Waals surface area contributed by atoms with Crippen molar-refractivity contribution in [2.45, 2.75) is 6.04 Å². The lowest BCUT2D eigenvalue weighted by molar-refractivity contribution is -0.142. The third-order valence-corrected chi connectivity index (χ3v) is 5.42. The molecule has 1 aliphatic rings. The molecule has 1 aliphatic heterocycles. The summed E-state index contributed by atoms with van der Waals surface area (Å²) in [5, 5.41) is 11.9. The fourth-order valence-electron chi connectivity index (χ4n) is 3.62. The first-order chi connectivity index (χ1) is 17.4. The number of hydrogen-bond donors (Lipinski definition) is 2. The number of aliphatic carboxylic acids is 1. The average Bonchev–Trinajstić information content (AvgIpc) is 3.20. The lowest BCUT2D eigenvalue weighted by atomic mass is 10.1. The third-order valence-electron chi connectivity index (χ3n) is 5.42. The van der Waals surface area contributed by atoms with E-state index in [1.165, 1.54) is 19.2 Å². The monoisotopic (exact) mass is 489 g/mol. The molecule has 1 heterocycles. The maximum Gasteiger partial charge on any atom is 0.330 e. The van der Waals surface area contributed by atoms with Crippen LogP contribution in [0.5, 0.6) is 23.0 Å². The normalized spacial score (nSPS) is 13.9. The van der Waals surface area contributed by atoms with Crippen molar-refractivity contribution in [2.75, 3.05) is 20.8 Å². The summed E-state index contributed by atoms with van der Waals surface area (Å²) in [6, 6.07) is 16.9. The number of methoxy groups -OCH3 is 2. The molecule has 3 aromatic rings. The fraction of sp³-hybridized carbons (Fsp3) is 0.148. The number of allylic oxidation sites excluding steroid dienone is 1. The highest BCUT2D eigenvalue weighted by Crippen LogP contribution is 2.36. The molecule has 0 bridgehead atoms. The zero-order chi connectivity index (χ0) is 25.7. The molecule has 0 unspecified atom stereocenters. The van der Waals surface area contributed by atoms with E-state index in [1.807, 2.05) is 0 Å². The van der Waals surface area contributed by atoms with Crippen LogP contribution in [-0.2, 0) is 9.59 Å². The van der Waals surface area contributed by atoms with Gasteiger partial charge in [-0.3, -0.25) is 9.59 Å². The topological polar surface area (TPSA) is 120 Å². The fourth-order valence-corrected chi connectivity index (χ4v) is 3.62. The Kier molecular flexibility index (Phi) is 7.20. The summed E-state index contributed by atoms with van der Waals surface area (Å²) in [6.45, 7) is -0.422. The minimum atomic E-state index is -1.20. The van der Waals surface area contributed by atoms with Crippen LogP contribution in [0.1, 0.15) is 27.5 Å². The number of ether oxygens (including phenoxy) is 4. The summed E-state index contributed by atoms with van der Waals surface area (Å²) in [7, 11) is 3.06. The van der Waals surface area contributed by atoms with Gasteiger partial charge in [0.2, 0.25) is 5.78 Å². The smallest absolute Gasteiger partial charge is 0.330 e. The molecule has 4 rings (SSSR count). The van der Waals surface area contributed by atoms with E-state index < -0.39 is 24.5 Å². The predicted molar refractivity (Wildman–Crippen MR) is 129 cm³/mol. The molecule has 3 aromatic carbocycles. The van der Waals surface area contributed by atoms with Gasteiger partial charge in [-0.25, -0.2) is 4.79 Å². The Bertz CT molecular complexity index is 1330. The van der Waals surface area contributed by atoms with Gasteiger partial charge in [0, 0.05) is 17.7 Å². The minimum Gasteiger partial charge on any atom is -0.497 e. The van der Waals surface area contributed by atoms with Gasteiger partial charge in [0.15, 0.2) is 18.4 Å². The quantitative estimate of drug-likeness (QED) is 0.437. The zero-order valence-corrected chi connectivity index (χ0v) is 19.5. The molecule has 184 valence electrons. The van der Waals surface area contributed by atoms with E-state index in [9.17, 15) is 19.5 Å². The molecule has 0 aliphatic carbocycles. The van der Waals surface area contributed by atoms with Gasteiger partial charge in [-0.1, -0.05) is 30.3 Å². The highest BCUT2D eigenvalue weighted by molar-refractivity contribution is 6.14. The number of carbonyl (C=O) groups is 3. The van der Waals surface area contributed by atoms with Gasteiger partial charge in [-0.15, -0.1) is 0 Å². The second-order valence-corrected chi connectivity index (χ2v) is 7.74. The number of Topliss-reactive ketones (excluding diaryl/α,β-unsaturated/α-hetero) is 1. The zero-order valence-electron chi connectivity index (χ0n) is 19.5. The Morgan fingerprint density at radius 1 is 1.00 bits per heavy atom. The number of rotatable bonds is 9. The first-order valence-electron chi connectivity index (χ1n) is 10.9. The standard InChI is InChI=1S/C27H23NO8/c1-33-18-9-8-17(21(13-18)34-2)12-23-26(30)20-11-10-19(14-22(20)36-23)35-15-24(29)28-25(27(31)32)16-6-4-3-5-7-16/h3-14,25H,15H2,1-2H3,(H,28,29)(H,31,32)/b23-12+/t25-/m0/s1. The Morgan fingerprint density at radius 2 is 1.75 bits per heavy atom. The van der Waals surface area contributed by atoms with Crippen LogP contribution < -0.4 is 24.3 Å². The number of nitrogens with one attached hydrogen (secondary N) is 1. The maximum absolute atomic E-state index is 12.8. The Balaban J connectivity index is 1.43. The van der Waals surface area contributed by atoms with E-state index in [-0.39, 0.29) is 23.0 Å². The van der Waals surface area contributed by atoms with Crippen LogP contribution >= 0.6 is 0 Å². The summed E-state index contributed by atoms with van der Waals surface area (Å²) < 4.78 is 21.8. The maximum atomic E-state index is 12.8. The van der Waals surface area contributed by atoms with Crippen LogP contribution in [0.15, 0.2) is 72.5 Å². The minimum absolute atomic E-state index is 0.107. The summed E-state index contributed by atoms with van der Waals surface area (Å²) in [6.07, 6.45) is 1.57. The summed E-state index contributed by atoms with van der Waals surface area (Å²) in [5.74, 6) is -0.312. The Morgan fingerprint density at radius 3 is 2.44 bits per heavy atom. The van der Waals surface area contributed by atoms with Crippen molar-refractivity contribution < 1.29 is 38.4 Å². The largest absolute Gasteiger partial charge is 0.497 e. The van der Waals surface area contributed by atoms with Crippen LogP contribution in [0.25, 0.3) is 6.08 Å². The molecule has 0 spiro atoms. The molecule has 36 heavy (non-hydrogen) atoms. The van der Waals surface area contributed by atoms with Gasteiger partial charge in [0.05, 0.1) is 19.8 Å². The molecule has 9 heteroatoms. The van der Waals surface area contributed by atoms with Crippen molar-refractivity contribution in [1.29, 1.82) is 0 Å². The number of benzene rings is 3. The number of hydrogen-bond acceptors (Lipinski definition) is 7. The number of amides is 1. The molecule has 0 saturated heterocycles. The van der Waals surface area contributed by atoms with Crippen LogP contribution in [-0.4, -0.2) is 43.6 Å². The number of carbonyl (C=O) groups excluding carboxylic acids is 2. The molecule has 1 atom stereocenters. The van der Waals surface area contributed by atoms with E-state index in [0.717, 1.165) is 0 Å². The lowest BCUT2D eigenvalue weighted by Gasteiger charge is -2.15. The van der Waals surface area contributed by atoms with Crippen molar-refractivity contribution in [3.63, 3.8) is 0 Å². The number of ketones is 1.